The van der Waals surface area contributed by atoms with Crippen LogP contribution in [0, 0.1) is 0 Å². The molecule has 0 spiro atoms. The van der Waals surface area contributed by atoms with Crippen molar-refractivity contribution >= 4 is 6.21 Å². The summed E-state index contributed by atoms with van der Waals surface area (Å²) in [6, 6.07) is 0. The zero-order valence-corrected chi connectivity index (χ0v) is 5.85. The first kappa shape index (κ1) is 7.67. The van der Waals surface area contributed by atoms with Gasteiger partial charge in [-0.25, -0.2) is 0 Å². The molecule has 0 bridgehead atoms. The Morgan fingerprint density at radius 2 is 2.12 bits per heavy atom. The number of rotatable bonds is 4. The van der Waals surface area contributed by atoms with Crippen LogP contribution < -0.4 is 0 Å². The van der Waals surface area contributed by atoms with E-state index in [2.05, 4.69) is 18.8 Å². The maximum absolute atomic E-state index is 4.15. The molecule has 0 amide bonds. The zero-order chi connectivity index (χ0) is 6.24. The molecule has 0 atom stereocenters. The zero-order valence-electron chi connectivity index (χ0n) is 5.85. The van der Waals surface area contributed by atoms with Gasteiger partial charge >= 0.3 is 0 Å². The second kappa shape index (κ2) is 6.67. The lowest BCUT2D eigenvalue weighted by Crippen LogP contribution is -1.78. The maximum atomic E-state index is 4.15. The van der Waals surface area contributed by atoms with Crippen LogP contribution in [0.25, 0.3) is 0 Å². The van der Waals surface area contributed by atoms with E-state index < -0.39 is 0 Å². The second-order valence-corrected chi connectivity index (χ2v) is 1.85. The molecule has 0 aliphatic carbocycles. The molecular formula is C7H15N. The molecule has 1 nitrogen and oxygen atoms in total. The predicted octanol–water partition coefficient (Wildman–Crippen LogP) is 2.27. The van der Waals surface area contributed by atoms with Gasteiger partial charge in [0.25, 0.3) is 0 Å². The standard InChI is InChI=1S/C7H15N/c1-3-5-7-8-6-4-2/h6H,3-5,7H2,1-2H3. The fourth-order valence-electron chi connectivity index (χ4n) is 0.470. The number of aliphatic imine (C=N–C) groups is 1. The van der Waals surface area contributed by atoms with Crippen LogP contribution in [0.3, 0.4) is 0 Å². The highest BCUT2D eigenvalue weighted by molar-refractivity contribution is 5.56. The van der Waals surface area contributed by atoms with Crippen LogP contribution in [-0.4, -0.2) is 12.8 Å². The van der Waals surface area contributed by atoms with Gasteiger partial charge in [-0.05, 0) is 19.1 Å². The molecule has 0 unspecified atom stereocenters. The van der Waals surface area contributed by atoms with Crippen molar-refractivity contribution in [3.8, 4) is 0 Å². The molecule has 0 aliphatic heterocycles. The summed E-state index contributed by atoms with van der Waals surface area (Å²) in [5.41, 5.74) is 0. The van der Waals surface area contributed by atoms with Crippen molar-refractivity contribution in [3.05, 3.63) is 0 Å². The van der Waals surface area contributed by atoms with E-state index in [4.69, 9.17) is 0 Å². The molecule has 0 aromatic carbocycles. The van der Waals surface area contributed by atoms with Gasteiger partial charge in [-0.15, -0.1) is 0 Å². The Morgan fingerprint density at radius 3 is 2.62 bits per heavy atom. The summed E-state index contributed by atoms with van der Waals surface area (Å²) in [4.78, 5) is 4.15. The maximum Gasteiger partial charge on any atom is 0.0385 e. The lowest BCUT2D eigenvalue weighted by atomic mass is 10.3. The number of hydrogen-bond acceptors (Lipinski definition) is 1. The minimum Gasteiger partial charge on any atom is -0.298 e. The van der Waals surface area contributed by atoms with Crippen molar-refractivity contribution in [2.24, 2.45) is 4.99 Å². The van der Waals surface area contributed by atoms with Gasteiger partial charge in [-0.2, -0.15) is 0 Å². The fraction of sp³-hybridized carbons (Fsp3) is 0.857. The topological polar surface area (TPSA) is 12.4 Å². The highest BCUT2D eigenvalue weighted by Gasteiger charge is 1.74. The summed E-state index contributed by atoms with van der Waals surface area (Å²) in [6.07, 6.45) is 5.54. The Hall–Kier alpha value is -0.330. The molecular weight excluding hydrogens is 98.1 g/mol. The summed E-state index contributed by atoms with van der Waals surface area (Å²) >= 11 is 0. The third-order valence-corrected chi connectivity index (χ3v) is 0.952. The van der Waals surface area contributed by atoms with Crippen LogP contribution in [0.4, 0.5) is 0 Å². The lowest BCUT2D eigenvalue weighted by molar-refractivity contribution is 0.808. The minimum absolute atomic E-state index is 1.02. The number of hydrogen-bond donors (Lipinski definition) is 0. The lowest BCUT2D eigenvalue weighted by Gasteiger charge is -1.86. The van der Waals surface area contributed by atoms with E-state index in [1.165, 1.54) is 12.8 Å². The minimum atomic E-state index is 1.02. The van der Waals surface area contributed by atoms with Crippen LogP contribution in [0.5, 0.6) is 0 Å². The Morgan fingerprint density at radius 1 is 1.38 bits per heavy atom. The molecule has 0 saturated heterocycles. The molecule has 0 radical (unpaired) electrons. The predicted molar refractivity (Wildman–Crippen MR) is 38.6 cm³/mol. The molecule has 48 valence electrons. The quantitative estimate of drug-likeness (QED) is 0.391. The molecule has 0 aliphatic rings. The molecule has 0 N–H and O–H groups in total. The van der Waals surface area contributed by atoms with Gasteiger partial charge in [-0.1, -0.05) is 20.3 Å². The van der Waals surface area contributed by atoms with Gasteiger partial charge in [-0.3, -0.25) is 4.99 Å². The van der Waals surface area contributed by atoms with E-state index >= 15 is 0 Å². The molecule has 0 saturated carbocycles. The van der Waals surface area contributed by atoms with Crippen LogP contribution in [0.1, 0.15) is 33.1 Å². The van der Waals surface area contributed by atoms with E-state index in [1.54, 1.807) is 0 Å². The second-order valence-electron chi connectivity index (χ2n) is 1.85. The molecule has 0 aromatic rings. The van der Waals surface area contributed by atoms with Crippen molar-refractivity contribution in [2.75, 3.05) is 6.54 Å². The molecule has 0 rings (SSSR count). The van der Waals surface area contributed by atoms with Gasteiger partial charge in [0.1, 0.15) is 0 Å². The summed E-state index contributed by atoms with van der Waals surface area (Å²) < 4.78 is 0. The van der Waals surface area contributed by atoms with Gasteiger partial charge in [0.2, 0.25) is 0 Å². The third-order valence-electron chi connectivity index (χ3n) is 0.952. The smallest absolute Gasteiger partial charge is 0.0385 e. The van der Waals surface area contributed by atoms with Gasteiger partial charge < -0.3 is 0 Å². The summed E-state index contributed by atoms with van der Waals surface area (Å²) in [7, 11) is 0. The monoisotopic (exact) mass is 113 g/mol. The summed E-state index contributed by atoms with van der Waals surface area (Å²) in [6.45, 7) is 5.31. The first-order valence-electron chi connectivity index (χ1n) is 3.40. The highest BCUT2D eigenvalue weighted by Crippen LogP contribution is 1.85. The Kier molecular flexibility index (Phi) is 6.39. The molecule has 0 fully saturated rings. The van der Waals surface area contributed by atoms with Crippen LogP contribution in [-0.2, 0) is 0 Å². The molecule has 0 heterocycles. The number of nitrogens with zero attached hydrogens (tertiary/aromatic N) is 1. The van der Waals surface area contributed by atoms with E-state index in [0.29, 0.717) is 0 Å². The normalized spacial score (nSPS) is 10.8. The Balaban J connectivity index is 2.80. The molecule has 8 heavy (non-hydrogen) atoms. The largest absolute Gasteiger partial charge is 0.298 e. The van der Waals surface area contributed by atoms with Crippen molar-refractivity contribution in [1.29, 1.82) is 0 Å². The number of unbranched alkanes of at least 4 members (excludes halogenated alkanes) is 1. The molecule has 0 aromatic heterocycles. The Labute approximate surface area is 51.8 Å². The van der Waals surface area contributed by atoms with Crippen molar-refractivity contribution < 1.29 is 0 Å². The van der Waals surface area contributed by atoms with Crippen LogP contribution >= 0.6 is 0 Å². The van der Waals surface area contributed by atoms with E-state index in [1.807, 2.05) is 6.21 Å². The summed E-state index contributed by atoms with van der Waals surface area (Å²) in [5.74, 6) is 0. The van der Waals surface area contributed by atoms with Crippen molar-refractivity contribution in [3.63, 3.8) is 0 Å². The van der Waals surface area contributed by atoms with Crippen LogP contribution in [0.15, 0.2) is 4.99 Å². The van der Waals surface area contributed by atoms with Crippen molar-refractivity contribution in [2.45, 2.75) is 33.1 Å². The van der Waals surface area contributed by atoms with Crippen LogP contribution in [0.2, 0.25) is 0 Å². The van der Waals surface area contributed by atoms with E-state index in [9.17, 15) is 0 Å². The summed E-state index contributed by atoms with van der Waals surface area (Å²) in [5, 5.41) is 0. The van der Waals surface area contributed by atoms with Gasteiger partial charge in [0.15, 0.2) is 0 Å². The average Bonchev–Trinajstić information content (AvgIpc) is 1.81. The van der Waals surface area contributed by atoms with Crippen molar-refractivity contribution in [1.82, 2.24) is 0 Å². The van der Waals surface area contributed by atoms with Gasteiger partial charge in [0, 0.05) is 6.54 Å². The average molecular weight is 113 g/mol. The Bertz CT molecular complexity index is 57.4. The van der Waals surface area contributed by atoms with E-state index in [0.717, 1.165) is 13.0 Å². The first-order valence-corrected chi connectivity index (χ1v) is 3.40. The SMILES string of the molecule is CCC=NCCCC. The highest BCUT2D eigenvalue weighted by atomic mass is 14.7. The third kappa shape index (κ3) is 5.67. The van der Waals surface area contributed by atoms with Gasteiger partial charge in [0.05, 0.1) is 0 Å². The fourth-order valence-corrected chi connectivity index (χ4v) is 0.470. The first-order chi connectivity index (χ1) is 3.91. The van der Waals surface area contributed by atoms with E-state index in [-0.39, 0.29) is 0 Å². The molecule has 1 heteroatoms.